The van der Waals surface area contributed by atoms with Crippen LogP contribution in [0, 0.1) is 6.92 Å². The molecule has 1 aromatic rings. The summed E-state index contributed by atoms with van der Waals surface area (Å²) >= 11 is 0. The zero-order chi connectivity index (χ0) is 10.4. The van der Waals surface area contributed by atoms with Gasteiger partial charge in [0.05, 0.1) is 0 Å². The van der Waals surface area contributed by atoms with Gasteiger partial charge in [-0.25, -0.2) is 0 Å². The van der Waals surface area contributed by atoms with E-state index in [1.807, 2.05) is 6.92 Å². The van der Waals surface area contributed by atoms with Gasteiger partial charge in [-0.15, -0.1) is 13.2 Å². The Morgan fingerprint density at radius 2 is 1.92 bits per heavy atom. The summed E-state index contributed by atoms with van der Waals surface area (Å²) in [5.41, 5.74) is 1.17. The van der Waals surface area contributed by atoms with Gasteiger partial charge >= 0.3 is 0 Å². The fourth-order valence-electron chi connectivity index (χ4n) is 1.01. The largest absolute Gasteiger partial charge is 0.461 e. The van der Waals surface area contributed by atoms with Crippen molar-refractivity contribution < 1.29 is 4.42 Å². The second-order valence-corrected chi connectivity index (χ2v) is 3.05. The van der Waals surface area contributed by atoms with Gasteiger partial charge in [0, 0.05) is 5.92 Å². The Kier molecular flexibility index (Phi) is 4.90. The molecule has 0 saturated heterocycles. The third-order valence-corrected chi connectivity index (χ3v) is 1.73. The van der Waals surface area contributed by atoms with E-state index in [0.29, 0.717) is 5.92 Å². The fraction of sp³-hybridized carbons (Fsp3) is 0.333. The number of rotatable bonds is 2. The summed E-state index contributed by atoms with van der Waals surface area (Å²) in [6, 6.07) is 2.07. The van der Waals surface area contributed by atoms with Gasteiger partial charge in [0.15, 0.2) is 0 Å². The molecular weight excluding hydrogens is 160 g/mol. The highest BCUT2D eigenvalue weighted by Gasteiger charge is 2.06. The van der Waals surface area contributed by atoms with Crippen LogP contribution < -0.4 is 0 Å². The average molecular weight is 178 g/mol. The molecule has 0 spiro atoms. The first-order valence-electron chi connectivity index (χ1n) is 4.38. The first-order chi connectivity index (χ1) is 6.15. The van der Waals surface area contributed by atoms with Crippen LogP contribution in [-0.2, 0) is 0 Å². The zero-order valence-electron chi connectivity index (χ0n) is 8.76. The molecule has 0 saturated carbocycles. The van der Waals surface area contributed by atoms with Crippen LogP contribution in [0.25, 0.3) is 6.08 Å². The lowest BCUT2D eigenvalue weighted by Crippen LogP contribution is -1.80. The molecular formula is C12H18O. The van der Waals surface area contributed by atoms with Gasteiger partial charge in [0.1, 0.15) is 11.5 Å². The Morgan fingerprint density at radius 1 is 1.38 bits per heavy atom. The molecule has 0 radical (unpaired) electrons. The molecule has 1 heterocycles. The maximum Gasteiger partial charge on any atom is 0.129 e. The topological polar surface area (TPSA) is 13.1 Å². The smallest absolute Gasteiger partial charge is 0.129 e. The Balaban J connectivity index is 0.000000671. The minimum Gasteiger partial charge on any atom is -0.461 e. The van der Waals surface area contributed by atoms with Gasteiger partial charge in [-0.05, 0) is 24.6 Å². The molecule has 1 aromatic heterocycles. The summed E-state index contributed by atoms with van der Waals surface area (Å²) in [4.78, 5) is 0. The molecule has 0 N–H and O–H groups in total. The van der Waals surface area contributed by atoms with Crippen LogP contribution in [0.15, 0.2) is 30.2 Å². The Labute approximate surface area is 80.8 Å². The average Bonchev–Trinajstić information content (AvgIpc) is 2.50. The molecule has 0 amide bonds. The minimum atomic E-state index is 0.461. The van der Waals surface area contributed by atoms with E-state index in [1.165, 1.54) is 5.56 Å². The van der Waals surface area contributed by atoms with Crippen LogP contribution in [-0.4, -0.2) is 0 Å². The summed E-state index contributed by atoms with van der Waals surface area (Å²) in [6.07, 6.45) is 1.75. The van der Waals surface area contributed by atoms with Crippen LogP contribution in [0.3, 0.4) is 0 Å². The van der Waals surface area contributed by atoms with Crippen LogP contribution in [0.5, 0.6) is 0 Å². The number of aryl methyl sites for hydroxylation is 1. The maximum absolute atomic E-state index is 5.51. The quantitative estimate of drug-likeness (QED) is 0.620. The highest BCUT2D eigenvalue weighted by molar-refractivity contribution is 5.45. The van der Waals surface area contributed by atoms with Gasteiger partial charge < -0.3 is 4.42 Å². The molecule has 72 valence electrons. The van der Waals surface area contributed by atoms with E-state index in [4.69, 9.17) is 4.42 Å². The molecule has 13 heavy (non-hydrogen) atoms. The van der Waals surface area contributed by atoms with E-state index >= 15 is 0 Å². The molecule has 0 aliphatic rings. The van der Waals surface area contributed by atoms with E-state index in [-0.39, 0.29) is 0 Å². The summed E-state index contributed by atoms with van der Waals surface area (Å²) in [5, 5.41) is 0. The van der Waals surface area contributed by atoms with Crippen molar-refractivity contribution in [2.45, 2.75) is 26.7 Å². The van der Waals surface area contributed by atoms with E-state index < -0.39 is 0 Å². The van der Waals surface area contributed by atoms with Crippen molar-refractivity contribution in [3.63, 3.8) is 0 Å². The van der Waals surface area contributed by atoms with Gasteiger partial charge in [0.2, 0.25) is 0 Å². The molecule has 0 aliphatic heterocycles. The third-order valence-electron chi connectivity index (χ3n) is 1.73. The van der Waals surface area contributed by atoms with E-state index in [0.717, 1.165) is 11.5 Å². The summed E-state index contributed by atoms with van der Waals surface area (Å²) < 4.78 is 5.51. The molecule has 1 nitrogen and oxygen atoms in total. The normalized spacial score (nSPS) is 9.23. The zero-order valence-corrected chi connectivity index (χ0v) is 8.76. The monoisotopic (exact) mass is 178 g/mol. The van der Waals surface area contributed by atoms with Crippen LogP contribution >= 0.6 is 0 Å². The standard InChI is InChI=1S/C10H14O.C2H4/c1-5-9-8(4)6-10(11-9)7(2)3;1-2/h5-7H,1H2,2-4H3;1-2H2. The predicted molar refractivity (Wildman–Crippen MR) is 58.9 cm³/mol. The number of furan rings is 1. The maximum atomic E-state index is 5.51. The lowest BCUT2D eigenvalue weighted by atomic mass is 10.1. The van der Waals surface area contributed by atoms with Gasteiger partial charge in [-0.3, -0.25) is 0 Å². The lowest BCUT2D eigenvalue weighted by molar-refractivity contribution is 0.479. The second-order valence-electron chi connectivity index (χ2n) is 3.05. The SMILES string of the molecule is C=C.C=Cc1oc(C(C)C)cc1C. The number of hydrogen-bond acceptors (Lipinski definition) is 1. The Morgan fingerprint density at radius 3 is 2.15 bits per heavy atom. The van der Waals surface area contributed by atoms with Crippen LogP contribution in [0.2, 0.25) is 0 Å². The van der Waals surface area contributed by atoms with Crippen molar-refractivity contribution in [3.8, 4) is 0 Å². The highest BCUT2D eigenvalue weighted by Crippen LogP contribution is 2.21. The van der Waals surface area contributed by atoms with Gasteiger partial charge in [-0.1, -0.05) is 20.4 Å². The third kappa shape index (κ3) is 2.94. The van der Waals surface area contributed by atoms with Gasteiger partial charge in [-0.2, -0.15) is 0 Å². The molecule has 0 atom stereocenters. The first kappa shape index (κ1) is 11.8. The van der Waals surface area contributed by atoms with Crippen molar-refractivity contribution in [2.75, 3.05) is 0 Å². The molecule has 0 aliphatic carbocycles. The van der Waals surface area contributed by atoms with Crippen molar-refractivity contribution in [3.05, 3.63) is 42.9 Å². The lowest BCUT2D eigenvalue weighted by Gasteiger charge is -1.96. The highest BCUT2D eigenvalue weighted by atomic mass is 16.3. The Bertz CT molecular complexity index is 269. The van der Waals surface area contributed by atoms with E-state index in [1.54, 1.807) is 6.08 Å². The van der Waals surface area contributed by atoms with Gasteiger partial charge in [0.25, 0.3) is 0 Å². The molecule has 0 fully saturated rings. The van der Waals surface area contributed by atoms with Crippen molar-refractivity contribution >= 4 is 6.08 Å². The van der Waals surface area contributed by atoms with Crippen molar-refractivity contribution in [1.29, 1.82) is 0 Å². The molecule has 1 rings (SSSR count). The van der Waals surface area contributed by atoms with E-state index in [2.05, 4.69) is 39.7 Å². The van der Waals surface area contributed by atoms with Crippen molar-refractivity contribution in [2.24, 2.45) is 0 Å². The minimum absolute atomic E-state index is 0.461. The second kappa shape index (κ2) is 5.41. The first-order valence-corrected chi connectivity index (χ1v) is 4.38. The summed E-state index contributed by atoms with van der Waals surface area (Å²) in [5.74, 6) is 2.40. The number of hydrogen-bond donors (Lipinski definition) is 0. The van der Waals surface area contributed by atoms with Crippen molar-refractivity contribution in [1.82, 2.24) is 0 Å². The fourth-order valence-corrected chi connectivity index (χ4v) is 1.01. The summed E-state index contributed by atoms with van der Waals surface area (Å²) in [7, 11) is 0. The molecule has 0 aromatic carbocycles. The molecule has 0 bridgehead atoms. The van der Waals surface area contributed by atoms with E-state index in [9.17, 15) is 0 Å². The molecule has 0 unspecified atom stereocenters. The van der Waals surface area contributed by atoms with Crippen LogP contribution in [0.4, 0.5) is 0 Å². The Hall–Kier alpha value is -1.24. The van der Waals surface area contributed by atoms with Crippen LogP contribution in [0.1, 0.15) is 36.8 Å². The predicted octanol–water partition coefficient (Wildman–Crippen LogP) is 4.16. The molecule has 1 heteroatoms. The summed E-state index contributed by atoms with van der Waals surface area (Å²) in [6.45, 7) is 15.9.